The van der Waals surface area contributed by atoms with Crippen molar-refractivity contribution in [2.45, 2.75) is 0 Å². The third-order valence-corrected chi connectivity index (χ3v) is 12.8. The standard InChI is InChI=1S/C66H44N6/c1-5-19-45(20-6-1)47-35-39-51(40-36-47)63-67-61(49-23-9-3-10-24-49)69-65(71-63)55-29-17-27-53(43-55)57-31-13-15-33-59(57)60-34-16-14-32-58(60)54-28-18-30-56(44-54)66-70-62(50-25-11-4-12-26-50)68-64(72-66)52-41-37-48(38-42-52)46-21-7-2-8-22-46/h1-44H. The maximum atomic E-state index is 5.13. The van der Waals surface area contributed by atoms with Gasteiger partial charge in [-0.1, -0.05) is 255 Å². The zero-order chi connectivity index (χ0) is 48.1. The van der Waals surface area contributed by atoms with Crippen LogP contribution in [0.4, 0.5) is 0 Å². The third kappa shape index (κ3) is 9.11. The minimum Gasteiger partial charge on any atom is -0.208 e. The Balaban J connectivity index is 0.907. The molecule has 0 aliphatic heterocycles. The number of rotatable bonds is 11. The first-order valence-electron chi connectivity index (χ1n) is 24.0. The van der Waals surface area contributed by atoms with Crippen LogP contribution in [-0.4, -0.2) is 29.9 Å². The van der Waals surface area contributed by atoms with E-state index in [-0.39, 0.29) is 0 Å². The van der Waals surface area contributed by atoms with Crippen molar-refractivity contribution in [1.82, 2.24) is 29.9 Å². The number of nitrogens with zero attached hydrogens (tertiary/aromatic N) is 6. The Labute approximate surface area is 418 Å². The summed E-state index contributed by atoms with van der Waals surface area (Å²) >= 11 is 0. The smallest absolute Gasteiger partial charge is 0.164 e. The lowest BCUT2D eigenvalue weighted by Crippen LogP contribution is -2.00. The van der Waals surface area contributed by atoms with Gasteiger partial charge in [0.2, 0.25) is 0 Å². The SMILES string of the molecule is c1ccc(-c2ccc(-c3nc(-c4ccccc4)nc(-c4cccc(-c5ccccc5-c5ccccc5-c5cccc(-c6nc(-c7ccccc7)nc(-c7ccc(-c8ccccc8)cc7)n6)c5)c4)n3)cc2)cc1. The highest BCUT2D eigenvalue weighted by molar-refractivity contribution is 5.93. The molecule has 6 heteroatoms. The van der Waals surface area contributed by atoms with E-state index in [2.05, 4.69) is 194 Å². The van der Waals surface area contributed by atoms with E-state index in [1.807, 2.05) is 72.8 Å². The topological polar surface area (TPSA) is 77.3 Å². The maximum Gasteiger partial charge on any atom is 0.164 e. The van der Waals surface area contributed by atoms with Gasteiger partial charge in [0.05, 0.1) is 0 Å². The number of aromatic nitrogens is 6. The summed E-state index contributed by atoms with van der Waals surface area (Å²) in [7, 11) is 0. The Morgan fingerprint density at radius 1 is 0.139 bits per heavy atom. The van der Waals surface area contributed by atoms with Crippen molar-refractivity contribution in [2.75, 3.05) is 0 Å². The van der Waals surface area contributed by atoms with E-state index in [1.54, 1.807) is 0 Å². The van der Waals surface area contributed by atoms with Crippen LogP contribution in [0.3, 0.4) is 0 Å². The minimum atomic E-state index is 0.601. The summed E-state index contributed by atoms with van der Waals surface area (Å²) in [5, 5.41) is 0. The summed E-state index contributed by atoms with van der Waals surface area (Å²) in [5.74, 6) is 3.66. The Morgan fingerprint density at radius 2 is 0.347 bits per heavy atom. The van der Waals surface area contributed by atoms with E-state index in [0.717, 1.165) is 89.0 Å². The van der Waals surface area contributed by atoms with Crippen molar-refractivity contribution in [3.8, 4) is 124 Å². The molecular weight excluding hydrogens is 877 g/mol. The Kier molecular flexibility index (Phi) is 11.9. The van der Waals surface area contributed by atoms with Gasteiger partial charge in [0.25, 0.3) is 0 Å². The third-order valence-electron chi connectivity index (χ3n) is 12.8. The van der Waals surface area contributed by atoms with Crippen LogP contribution in [0.1, 0.15) is 0 Å². The fraction of sp³-hybridized carbons (Fsp3) is 0. The van der Waals surface area contributed by atoms with Gasteiger partial charge >= 0.3 is 0 Å². The molecule has 0 saturated carbocycles. The van der Waals surface area contributed by atoms with E-state index in [9.17, 15) is 0 Å². The van der Waals surface area contributed by atoms with Gasteiger partial charge < -0.3 is 0 Å². The van der Waals surface area contributed by atoms with Crippen molar-refractivity contribution in [1.29, 1.82) is 0 Å². The molecule has 0 atom stereocenters. The molecule has 0 N–H and O–H groups in total. The molecule has 0 fully saturated rings. The zero-order valence-corrected chi connectivity index (χ0v) is 39.1. The van der Waals surface area contributed by atoms with Gasteiger partial charge in [-0.05, 0) is 67.8 Å². The Hall–Kier alpha value is -9.78. The lowest BCUT2D eigenvalue weighted by atomic mass is 9.88. The molecular formula is C66H44N6. The van der Waals surface area contributed by atoms with E-state index in [0.29, 0.717) is 34.9 Å². The molecule has 12 rings (SSSR count). The summed E-state index contributed by atoms with van der Waals surface area (Å²) in [6, 6.07) is 92.0. The van der Waals surface area contributed by atoms with Crippen molar-refractivity contribution >= 4 is 0 Å². The lowest BCUT2D eigenvalue weighted by molar-refractivity contribution is 1.07. The monoisotopic (exact) mass is 920 g/mol. The van der Waals surface area contributed by atoms with E-state index in [4.69, 9.17) is 29.9 Å². The summed E-state index contributed by atoms with van der Waals surface area (Å²) in [5.41, 5.74) is 16.5. The molecule has 0 spiro atoms. The average Bonchev–Trinajstić information content (AvgIpc) is 3.48. The first kappa shape index (κ1) is 43.5. The van der Waals surface area contributed by atoms with Crippen LogP contribution in [0.2, 0.25) is 0 Å². The largest absolute Gasteiger partial charge is 0.208 e. The lowest BCUT2D eigenvalue weighted by Gasteiger charge is -2.16. The molecule has 0 aliphatic carbocycles. The fourth-order valence-corrected chi connectivity index (χ4v) is 9.18. The molecule has 0 bridgehead atoms. The highest BCUT2D eigenvalue weighted by Gasteiger charge is 2.18. The molecule has 0 amide bonds. The van der Waals surface area contributed by atoms with Gasteiger partial charge in [-0.25, -0.2) is 29.9 Å². The van der Waals surface area contributed by atoms with Crippen molar-refractivity contribution in [3.63, 3.8) is 0 Å². The van der Waals surface area contributed by atoms with E-state index < -0.39 is 0 Å². The summed E-state index contributed by atoms with van der Waals surface area (Å²) in [6.07, 6.45) is 0. The van der Waals surface area contributed by atoms with Crippen molar-refractivity contribution < 1.29 is 0 Å². The molecule has 0 radical (unpaired) electrons. The van der Waals surface area contributed by atoms with Crippen LogP contribution in [-0.2, 0) is 0 Å². The molecule has 72 heavy (non-hydrogen) atoms. The predicted octanol–water partition coefficient (Wildman–Crippen LogP) is 16.4. The summed E-state index contributed by atoms with van der Waals surface area (Å²) in [6.45, 7) is 0. The number of hydrogen-bond acceptors (Lipinski definition) is 6. The van der Waals surface area contributed by atoms with Crippen LogP contribution in [0.25, 0.3) is 124 Å². The van der Waals surface area contributed by atoms with E-state index in [1.165, 1.54) is 0 Å². The second-order valence-electron chi connectivity index (χ2n) is 17.5. The van der Waals surface area contributed by atoms with Gasteiger partial charge in [-0.15, -0.1) is 0 Å². The van der Waals surface area contributed by atoms with Crippen LogP contribution in [0.15, 0.2) is 267 Å². The second-order valence-corrected chi connectivity index (χ2v) is 17.5. The molecule has 10 aromatic carbocycles. The molecule has 0 aliphatic rings. The summed E-state index contributed by atoms with van der Waals surface area (Å²) < 4.78 is 0. The molecule has 2 aromatic heterocycles. The molecule has 12 aromatic rings. The molecule has 0 saturated heterocycles. The van der Waals surface area contributed by atoms with Crippen LogP contribution in [0, 0.1) is 0 Å². The van der Waals surface area contributed by atoms with Gasteiger partial charge in [0, 0.05) is 33.4 Å². The van der Waals surface area contributed by atoms with Gasteiger partial charge in [0.15, 0.2) is 34.9 Å². The highest BCUT2D eigenvalue weighted by atomic mass is 15.0. The number of hydrogen-bond donors (Lipinski definition) is 0. The second kappa shape index (κ2) is 19.7. The maximum absolute atomic E-state index is 5.13. The molecule has 2 heterocycles. The van der Waals surface area contributed by atoms with Gasteiger partial charge in [0.1, 0.15) is 0 Å². The average molecular weight is 921 g/mol. The Morgan fingerprint density at radius 3 is 0.681 bits per heavy atom. The first-order valence-corrected chi connectivity index (χ1v) is 24.0. The quantitative estimate of drug-likeness (QED) is 0.129. The Bertz CT molecular complexity index is 3570. The minimum absolute atomic E-state index is 0.601. The van der Waals surface area contributed by atoms with Crippen LogP contribution >= 0.6 is 0 Å². The number of benzene rings is 10. The van der Waals surface area contributed by atoms with Crippen LogP contribution in [0.5, 0.6) is 0 Å². The summed E-state index contributed by atoms with van der Waals surface area (Å²) in [4.78, 5) is 30.5. The van der Waals surface area contributed by atoms with Gasteiger partial charge in [-0.3, -0.25) is 0 Å². The first-order chi connectivity index (χ1) is 35.7. The van der Waals surface area contributed by atoms with Crippen LogP contribution < -0.4 is 0 Å². The van der Waals surface area contributed by atoms with E-state index >= 15 is 0 Å². The molecule has 6 nitrogen and oxygen atoms in total. The molecule has 0 unspecified atom stereocenters. The van der Waals surface area contributed by atoms with Crippen molar-refractivity contribution in [2.24, 2.45) is 0 Å². The predicted molar refractivity (Wildman–Crippen MR) is 293 cm³/mol. The highest BCUT2D eigenvalue weighted by Crippen LogP contribution is 2.40. The van der Waals surface area contributed by atoms with Gasteiger partial charge in [-0.2, -0.15) is 0 Å². The van der Waals surface area contributed by atoms with Crippen molar-refractivity contribution in [3.05, 3.63) is 267 Å². The normalized spacial score (nSPS) is 11.1. The fourth-order valence-electron chi connectivity index (χ4n) is 9.18. The molecule has 338 valence electrons. The zero-order valence-electron chi connectivity index (χ0n) is 39.1.